The van der Waals surface area contributed by atoms with Crippen molar-refractivity contribution in [2.45, 2.75) is 13.5 Å². The normalized spacial score (nSPS) is 12.1. The van der Waals surface area contributed by atoms with Gasteiger partial charge in [0.25, 0.3) is 5.91 Å². The Labute approximate surface area is 163 Å². The van der Waals surface area contributed by atoms with Gasteiger partial charge in [-0.25, -0.2) is 4.39 Å². The predicted molar refractivity (Wildman–Crippen MR) is 103 cm³/mol. The van der Waals surface area contributed by atoms with Crippen molar-refractivity contribution in [2.24, 2.45) is 4.99 Å². The molecule has 1 heterocycles. The molecule has 0 aliphatic heterocycles. The number of nitrogens with zero attached hydrogens (tertiary/aromatic N) is 2. The smallest absolute Gasteiger partial charge is 0.279 e. The van der Waals surface area contributed by atoms with Crippen molar-refractivity contribution in [1.82, 2.24) is 4.57 Å². The van der Waals surface area contributed by atoms with Gasteiger partial charge >= 0.3 is 0 Å². The van der Waals surface area contributed by atoms with Crippen molar-refractivity contribution in [1.29, 1.82) is 0 Å². The minimum absolute atomic E-state index is 0.310. The Hall–Kier alpha value is -1.73. The van der Waals surface area contributed by atoms with Gasteiger partial charge in [-0.15, -0.1) is 0 Å². The first kappa shape index (κ1) is 19.0. The van der Waals surface area contributed by atoms with Crippen molar-refractivity contribution in [3.8, 4) is 0 Å². The molecule has 136 valence electrons. The molecule has 0 radical (unpaired) electrons. The third kappa shape index (κ3) is 4.15. The van der Waals surface area contributed by atoms with Gasteiger partial charge in [0.05, 0.1) is 21.8 Å². The quantitative estimate of drug-likeness (QED) is 0.557. The molecule has 0 fully saturated rings. The number of thiazole rings is 1. The van der Waals surface area contributed by atoms with Gasteiger partial charge in [-0.2, -0.15) is 4.99 Å². The maximum atomic E-state index is 13.1. The molecule has 0 aliphatic carbocycles. The minimum atomic E-state index is -0.455. The molecule has 2 aromatic carbocycles. The molecule has 26 heavy (non-hydrogen) atoms. The van der Waals surface area contributed by atoms with Crippen LogP contribution in [0.15, 0.2) is 41.4 Å². The third-order valence-electron chi connectivity index (χ3n) is 3.65. The average Bonchev–Trinajstić information content (AvgIpc) is 2.93. The Balaban J connectivity index is 2.10. The molecule has 0 aliphatic rings. The highest BCUT2D eigenvalue weighted by molar-refractivity contribution is 7.16. The summed E-state index contributed by atoms with van der Waals surface area (Å²) in [5.41, 5.74) is 1.07. The standard InChI is InChI=1S/C18H15Cl2FN2O2S/c1-2-25-8-7-23-16-14(20)9-12(19)10-15(16)26-18(23)22-17(24)11-3-5-13(21)6-4-11/h3-6,9-10H,2,7-8H2,1H3. The second-order valence-corrected chi connectivity index (χ2v) is 7.24. The Morgan fingerprint density at radius 1 is 1.27 bits per heavy atom. The highest BCUT2D eigenvalue weighted by Gasteiger charge is 2.13. The molecule has 8 heteroatoms. The average molecular weight is 413 g/mol. The summed E-state index contributed by atoms with van der Waals surface area (Å²) in [5.74, 6) is -0.861. The van der Waals surface area contributed by atoms with E-state index < -0.39 is 11.7 Å². The first-order valence-corrected chi connectivity index (χ1v) is 9.47. The SMILES string of the molecule is CCOCCn1c(=NC(=O)c2ccc(F)cc2)sc2cc(Cl)cc(Cl)c21. The zero-order valence-corrected chi connectivity index (χ0v) is 16.2. The van der Waals surface area contributed by atoms with Gasteiger partial charge in [-0.3, -0.25) is 4.79 Å². The van der Waals surface area contributed by atoms with Crippen LogP contribution in [-0.4, -0.2) is 23.7 Å². The van der Waals surface area contributed by atoms with Crippen molar-refractivity contribution >= 4 is 50.7 Å². The molecule has 0 spiro atoms. The van der Waals surface area contributed by atoms with E-state index >= 15 is 0 Å². The fraction of sp³-hybridized carbons (Fsp3) is 0.222. The van der Waals surface area contributed by atoms with Crippen LogP contribution in [0.3, 0.4) is 0 Å². The van der Waals surface area contributed by atoms with Gasteiger partial charge in [-0.1, -0.05) is 34.5 Å². The zero-order valence-electron chi connectivity index (χ0n) is 13.8. The van der Waals surface area contributed by atoms with Gasteiger partial charge in [0.2, 0.25) is 0 Å². The maximum absolute atomic E-state index is 13.1. The van der Waals surface area contributed by atoms with E-state index in [0.717, 1.165) is 10.2 Å². The number of hydrogen-bond donors (Lipinski definition) is 0. The number of rotatable bonds is 5. The van der Waals surface area contributed by atoms with Crippen LogP contribution >= 0.6 is 34.5 Å². The molecule has 3 rings (SSSR count). The molecule has 1 amide bonds. The first-order chi connectivity index (χ1) is 12.5. The lowest BCUT2D eigenvalue weighted by Gasteiger charge is -2.07. The van der Waals surface area contributed by atoms with Gasteiger partial charge < -0.3 is 9.30 Å². The molecule has 0 bridgehead atoms. The third-order valence-corrected chi connectivity index (χ3v) is 5.18. The minimum Gasteiger partial charge on any atom is -0.380 e. The summed E-state index contributed by atoms with van der Waals surface area (Å²) in [6.07, 6.45) is 0. The summed E-state index contributed by atoms with van der Waals surface area (Å²) in [4.78, 5) is 17.1. The number of amides is 1. The topological polar surface area (TPSA) is 43.6 Å². The molecule has 1 aromatic heterocycles. The second-order valence-electron chi connectivity index (χ2n) is 5.39. The maximum Gasteiger partial charge on any atom is 0.279 e. The van der Waals surface area contributed by atoms with Crippen LogP contribution in [0.4, 0.5) is 4.39 Å². The summed E-state index contributed by atoms with van der Waals surface area (Å²) < 4.78 is 21.1. The number of hydrogen-bond acceptors (Lipinski definition) is 3. The summed E-state index contributed by atoms with van der Waals surface area (Å²) in [6.45, 7) is 3.44. The van der Waals surface area contributed by atoms with E-state index in [9.17, 15) is 9.18 Å². The van der Waals surface area contributed by atoms with Crippen LogP contribution < -0.4 is 4.80 Å². The summed E-state index contributed by atoms with van der Waals surface area (Å²) >= 11 is 13.8. The summed E-state index contributed by atoms with van der Waals surface area (Å²) in [5, 5.41) is 0.994. The van der Waals surface area contributed by atoms with E-state index in [4.69, 9.17) is 27.9 Å². The van der Waals surface area contributed by atoms with Crippen LogP contribution in [0.2, 0.25) is 10.0 Å². The number of carbonyl (C=O) groups is 1. The molecule has 0 atom stereocenters. The number of fused-ring (bicyclic) bond motifs is 1. The van der Waals surface area contributed by atoms with Gasteiger partial charge in [0, 0.05) is 23.7 Å². The monoisotopic (exact) mass is 412 g/mol. The fourth-order valence-corrected chi connectivity index (χ4v) is 4.30. The Morgan fingerprint density at radius 3 is 2.69 bits per heavy atom. The largest absolute Gasteiger partial charge is 0.380 e. The zero-order chi connectivity index (χ0) is 18.7. The van der Waals surface area contributed by atoms with E-state index in [-0.39, 0.29) is 0 Å². The Kier molecular flexibility index (Phi) is 6.09. The number of aromatic nitrogens is 1. The predicted octanol–water partition coefficient (Wildman–Crippen LogP) is 4.93. The molecular weight excluding hydrogens is 398 g/mol. The van der Waals surface area contributed by atoms with Crippen LogP contribution in [0, 0.1) is 5.82 Å². The lowest BCUT2D eigenvalue weighted by molar-refractivity contribution is 0.0996. The number of ether oxygens (including phenoxy) is 1. The van der Waals surface area contributed by atoms with Crippen molar-refractivity contribution in [3.05, 3.63) is 62.6 Å². The molecule has 4 nitrogen and oxygen atoms in total. The molecule has 3 aromatic rings. The first-order valence-electron chi connectivity index (χ1n) is 7.90. The summed E-state index contributed by atoms with van der Waals surface area (Å²) in [6, 6.07) is 8.71. The molecule has 0 N–H and O–H groups in total. The summed E-state index contributed by atoms with van der Waals surface area (Å²) in [7, 11) is 0. The van der Waals surface area contributed by atoms with E-state index in [1.54, 1.807) is 12.1 Å². The number of benzene rings is 2. The van der Waals surface area contributed by atoms with Crippen LogP contribution in [0.25, 0.3) is 10.2 Å². The van der Waals surface area contributed by atoms with Crippen LogP contribution in [-0.2, 0) is 11.3 Å². The number of halogens is 3. The van der Waals surface area contributed by atoms with Crippen molar-refractivity contribution in [2.75, 3.05) is 13.2 Å². The molecule has 0 saturated carbocycles. The van der Waals surface area contributed by atoms with Gasteiger partial charge in [0.15, 0.2) is 4.80 Å². The Bertz CT molecular complexity index is 1010. The lowest BCUT2D eigenvalue weighted by Crippen LogP contribution is -2.20. The lowest BCUT2D eigenvalue weighted by atomic mass is 10.2. The highest BCUT2D eigenvalue weighted by atomic mass is 35.5. The van der Waals surface area contributed by atoms with Crippen molar-refractivity contribution < 1.29 is 13.9 Å². The molecule has 0 saturated heterocycles. The van der Waals surface area contributed by atoms with Gasteiger partial charge in [-0.05, 0) is 43.3 Å². The van der Waals surface area contributed by atoms with Crippen molar-refractivity contribution in [3.63, 3.8) is 0 Å². The number of carbonyl (C=O) groups excluding carboxylic acids is 1. The second kappa shape index (κ2) is 8.31. The van der Waals surface area contributed by atoms with E-state index in [0.29, 0.717) is 40.2 Å². The molecular formula is C18H15Cl2FN2O2S. The Morgan fingerprint density at radius 2 is 2.00 bits per heavy atom. The highest BCUT2D eigenvalue weighted by Crippen LogP contribution is 2.29. The van der Waals surface area contributed by atoms with Gasteiger partial charge in [0.1, 0.15) is 5.82 Å². The van der Waals surface area contributed by atoms with E-state index in [2.05, 4.69) is 4.99 Å². The van der Waals surface area contributed by atoms with E-state index in [1.807, 2.05) is 11.5 Å². The molecule has 0 unspecified atom stereocenters. The van der Waals surface area contributed by atoms with E-state index in [1.165, 1.54) is 35.6 Å². The van der Waals surface area contributed by atoms with Crippen LogP contribution in [0.1, 0.15) is 17.3 Å². The fourth-order valence-electron chi connectivity index (χ4n) is 2.47. The van der Waals surface area contributed by atoms with Crippen LogP contribution in [0.5, 0.6) is 0 Å².